The van der Waals surface area contributed by atoms with Gasteiger partial charge in [0.1, 0.15) is 0 Å². The standard InChI is InChI=1S/C15H28N2O4/c1-16-5-7-17(8-6-16)10-11-13(19)12(18)9-14(20)3-2-4-15(11,14)21/h11-13,18-21H,2-10H2,1H3. The lowest BCUT2D eigenvalue weighted by Gasteiger charge is -2.53. The van der Waals surface area contributed by atoms with E-state index in [0.29, 0.717) is 19.4 Å². The minimum atomic E-state index is -1.27. The lowest BCUT2D eigenvalue weighted by molar-refractivity contribution is -0.243. The summed E-state index contributed by atoms with van der Waals surface area (Å²) in [5.41, 5.74) is -2.52. The van der Waals surface area contributed by atoms with Gasteiger partial charge in [0.25, 0.3) is 0 Å². The highest BCUT2D eigenvalue weighted by Crippen LogP contribution is 2.51. The number of likely N-dealkylation sites (N-methyl/N-ethyl adjacent to an activating group) is 1. The summed E-state index contributed by atoms with van der Waals surface area (Å²) in [6, 6.07) is 0. The molecule has 2 saturated carbocycles. The molecule has 1 heterocycles. The van der Waals surface area contributed by atoms with E-state index in [1.807, 2.05) is 0 Å². The van der Waals surface area contributed by atoms with Crippen molar-refractivity contribution in [3.05, 3.63) is 0 Å². The van der Waals surface area contributed by atoms with Crippen LogP contribution in [0.5, 0.6) is 0 Å². The number of aliphatic hydroxyl groups is 4. The summed E-state index contributed by atoms with van der Waals surface area (Å²) < 4.78 is 0. The van der Waals surface area contributed by atoms with E-state index in [9.17, 15) is 20.4 Å². The van der Waals surface area contributed by atoms with Gasteiger partial charge in [-0.1, -0.05) is 0 Å². The van der Waals surface area contributed by atoms with Crippen molar-refractivity contribution in [2.24, 2.45) is 5.92 Å². The Balaban J connectivity index is 1.77. The van der Waals surface area contributed by atoms with E-state index in [2.05, 4.69) is 16.8 Å². The second-order valence-corrected chi connectivity index (χ2v) is 7.28. The minimum Gasteiger partial charge on any atom is -0.390 e. The molecule has 3 aliphatic rings. The van der Waals surface area contributed by atoms with Crippen molar-refractivity contribution >= 4 is 0 Å². The Labute approximate surface area is 126 Å². The molecule has 122 valence electrons. The Bertz CT molecular complexity index is 388. The van der Waals surface area contributed by atoms with Gasteiger partial charge in [-0.2, -0.15) is 0 Å². The zero-order valence-corrected chi connectivity index (χ0v) is 12.8. The maximum Gasteiger partial charge on any atom is 0.1000 e. The van der Waals surface area contributed by atoms with Crippen molar-refractivity contribution in [3.8, 4) is 0 Å². The molecule has 3 fully saturated rings. The summed E-state index contributed by atoms with van der Waals surface area (Å²) in [5.74, 6) is -0.489. The first-order valence-corrected chi connectivity index (χ1v) is 8.07. The van der Waals surface area contributed by atoms with Crippen LogP contribution < -0.4 is 0 Å². The Morgan fingerprint density at radius 1 is 1.05 bits per heavy atom. The van der Waals surface area contributed by atoms with Gasteiger partial charge in [0, 0.05) is 45.1 Å². The maximum atomic E-state index is 11.0. The van der Waals surface area contributed by atoms with Crippen molar-refractivity contribution in [1.29, 1.82) is 0 Å². The molecule has 0 amide bonds. The van der Waals surface area contributed by atoms with E-state index in [-0.39, 0.29) is 6.42 Å². The van der Waals surface area contributed by atoms with E-state index in [4.69, 9.17) is 0 Å². The van der Waals surface area contributed by atoms with Crippen molar-refractivity contribution in [2.75, 3.05) is 39.8 Å². The number of fused-ring (bicyclic) bond motifs is 1. The summed E-state index contributed by atoms with van der Waals surface area (Å²) >= 11 is 0. The van der Waals surface area contributed by atoms with E-state index < -0.39 is 29.3 Å². The van der Waals surface area contributed by atoms with E-state index in [1.54, 1.807) is 0 Å². The summed E-state index contributed by atoms with van der Waals surface area (Å²) in [7, 11) is 2.08. The predicted octanol–water partition coefficient (Wildman–Crippen LogP) is -1.38. The van der Waals surface area contributed by atoms with Crippen molar-refractivity contribution in [3.63, 3.8) is 0 Å². The van der Waals surface area contributed by atoms with Crippen LogP contribution >= 0.6 is 0 Å². The number of rotatable bonds is 2. The molecule has 5 atom stereocenters. The second kappa shape index (κ2) is 5.44. The highest BCUT2D eigenvalue weighted by Gasteiger charge is 2.63. The molecule has 3 rings (SSSR count). The fraction of sp³-hybridized carbons (Fsp3) is 1.00. The molecule has 1 saturated heterocycles. The SMILES string of the molecule is CN1CCN(CC2C(O)C(O)CC3(O)CCCC23O)CC1. The molecular formula is C15H28N2O4. The van der Waals surface area contributed by atoms with Gasteiger partial charge in [-0.25, -0.2) is 0 Å². The largest absolute Gasteiger partial charge is 0.390 e. The predicted molar refractivity (Wildman–Crippen MR) is 77.8 cm³/mol. The van der Waals surface area contributed by atoms with Crippen LogP contribution in [0.4, 0.5) is 0 Å². The number of hydrogen-bond acceptors (Lipinski definition) is 6. The Hall–Kier alpha value is -0.240. The molecule has 6 nitrogen and oxygen atoms in total. The highest BCUT2D eigenvalue weighted by atomic mass is 16.4. The zero-order chi connectivity index (χ0) is 15.3. The molecule has 0 aromatic rings. The summed E-state index contributed by atoms with van der Waals surface area (Å²) in [4.78, 5) is 4.48. The maximum absolute atomic E-state index is 11.0. The van der Waals surface area contributed by atoms with Crippen molar-refractivity contribution in [2.45, 2.75) is 49.1 Å². The summed E-state index contributed by atoms with van der Waals surface area (Å²) in [5, 5.41) is 42.3. The molecule has 2 aliphatic carbocycles. The molecule has 1 aliphatic heterocycles. The third kappa shape index (κ3) is 2.52. The fourth-order valence-electron chi connectivity index (χ4n) is 4.49. The van der Waals surface area contributed by atoms with Gasteiger partial charge in [0.15, 0.2) is 0 Å². The van der Waals surface area contributed by atoms with E-state index in [1.165, 1.54) is 0 Å². The van der Waals surface area contributed by atoms with Crippen LogP contribution in [0, 0.1) is 5.92 Å². The Kier molecular flexibility index (Phi) is 4.05. The molecule has 6 heteroatoms. The molecule has 0 spiro atoms. The Morgan fingerprint density at radius 3 is 2.38 bits per heavy atom. The molecule has 5 unspecified atom stereocenters. The van der Waals surface area contributed by atoms with Gasteiger partial charge in [0.2, 0.25) is 0 Å². The van der Waals surface area contributed by atoms with Crippen LogP contribution in [-0.4, -0.2) is 93.4 Å². The van der Waals surface area contributed by atoms with Crippen LogP contribution in [0.3, 0.4) is 0 Å². The number of nitrogens with zero attached hydrogens (tertiary/aromatic N) is 2. The molecule has 4 N–H and O–H groups in total. The monoisotopic (exact) mass is 300 g/mol. The average Bonchev–Trinajstić information content (AvgIpc) is 2.73. The van der Waals surface area contributed by atoms with Gasteiger partial charge >= 0.3 is 0 Å². The van der Waals surface area contributed by atoms with Gasteiger partial charge < -0.3 is 30.2 Å². The van der Waals surface area contributed by atoms with E-state index >= 15 is 0 Å². The lowest BCUT2D eigenvalue weighted by Crippen LogP contribution is -2.68. The molecule has 0 aromatic carbocycles. The third-order valence-corrected chi connectivity index (χ3v) is 5.97. The molecule has 21 heavy (non-hydrogen) atoms. The highest BCUT2D eigenvalue weighted by molar-refractivity contribution is 5.15. The normalized spacial score (nSPS) is 49.3. The molecular weight excluding hydrogens is 272 g/mol. The van der Waals surface area contributed by atoms with E-state index in [0.717, 1.165) is 32.6 Å². The number of piperazine rings is 1. The molecule has 0 aromatic heterocycles. The number of aliphatic hydroxyl groups excluding tert-OH is 2. The first-order valence-electron chi connectivity index (χ1n) is 8.07. The smallest absolute Gasteiger partial charge is 0.1000 e. The van der Waals surface area contributed by atoms with Gasteiger partial charge in [-0.05, 0) is 26.3 Å². The van der Waals surface area contributed by atoms with Crippen molar-refractivity contribution in [1.82, 2.24) is 9.80 Å². The fourth-order valence-corrected chi connectivity index (χ4v) is 4.49. The first-order chi connectivity index (χ1) is 9.86. The van der Waals surface area contributed by atoms with Crippen LogP contribution in [-0.2, 0) is 0 Å². The third-order valence-electron chi connectivity index (χ3n) is 5.97. The van der Waals surface area contributed by atoms with Crippen LogP contribution in [0.1, 0.15) is 25.7 Å². The van der Waals surface area contributed by atoms with Gasteiger partial charge in [-0.3, -0.25) is 0 Å². The van der Waals surface area contributed by atoms with Gasteiger partial charge in [0.05, 0.1) is 23.4 Å². The molecule has 0 radical (unpaired) electrons. The number of hydrogen-bond donors (Lipinski definition) is 4. The molecule has 0 bridgehead atoms. The minimum absolute atomic E-state index is 0.0733. The lowest BCUT2D eigenvalue weighted by atomic mass is 9.64. The van der Waals surface area contributed by atoms with Crippen molar-refractivity contribution < 1.29 is 20.4 Å². The average molecular weight is 300 g/mol. The summed E-state index contributed by atoms with van der Waals surface area (Å²) in [6.07, 6.45) is -0.0905. The van der Waals surface area contributed by atoms with Crippen LogP contribution in [0.2, 0.25) is 0 Å². The Morgan fingerprint density at radius 2 is 1.71 bits per heavy atom. The van der Waals surface area contributed by atoms with Gasteiger partial charge in [-0.15, -0.1) is 0 Å². The van der Waals surface area contributed by atoms with Crippen LogP contribution in [0.25, 0.3) is 0 Å². The zero-order valence-electron chi connectivity index (χ0n) is 12.8. The topological polar surface area (TPSA) is 87.4 Å². The quantitative estimate of drug-likeness (QED) is 0.503. The first kappa shape index (κ1) is 15.6. The van der Waals surface area contributed by atoms with Crippen LogP contribution in [0.15, 0.2) is 0 Å². The summed E-state index contributed by atoms with van der Waals surface area (Å²) in [6.45, 7) is 4.25. The second-order valence-electron chi connectivity index (χ2n) is 7.28.